The average molecular weight is 626 g/mol. The third kappa shape index (κ3) is 5.52. The Morgan fingerprint density at radius 2 is 1.27 bits per heavy atom. The first kappa shape index (κ1) is 26.4. The molecule has 1 aliphatic rings. The van der Waals surface area contributed by atoms with Gasteiger partial charge in [-0.25, -0.2) is 9.59 Å². The van der Waals surface area contributed by atoms with Gasteiger partial charge in [0, 0.05) is 20.3 Å². The molecule has 0 aromatic heterocycles. The van der Waals surface area contributed by atoms with Crippen LogP contribution < -0.4 is 9.80 Å². The molecule has 37 heavy (non-hydrogen) atoms. The third-order valence-electron chi connectivity index (χ3n) is 5.68. The maximum atomic E-state index is 14.0. The number of hydrogen-bond acceptors (Lipinski definition) is 6. The van der Waals surface area contributed by atoms with Crippen LogP contribution in [0.25, 0.3) is 6.08 Å². The molecule has 0 fully saturated rings. The van der Waals surface area contributed by atoms with E-state index in [0.717, 1.165) is 21.6 Å². The minimum atomic E-state index is -0.944. The summed E-state index contributed by atoms with van der Waals surface area (Å²) >= 11 is 6.86. The van der Waals surface area contributed by atoms with E-state index in [1.165, 1.54) is 12.0 Å². The Hall–Kier alpha value is -3.69. The molecule has 3 aromatic rings. The lowest BCUT2D eigenvalue weighted by molar-refractivity contribution is -0.141. The fourth-order valence-electron chi connectivity index (χ4n) is 3.98. The molecule has 4 rings (SSSR count). The SMILES string of the molecule is COC(=O)C1=C(C(=O)OC)N(c2ccc(Br)cc2)C(/C=C/c2ccccc2)N(c2ccc(Br)cc2)C1=O. The first-order valence-corrected chi connectivity index (χ1v) is 12.7. The van der Waals surface area contributed by atoms with Gasteiger partial charge in [0.05, 0.1) is 14.2 Å². The van der Waals surface area contributed by atoms with Gasteiger partial charge in [0.2, 0.25) is 0 Å². The lowest BCUT2D eigenvalue weighted by Crippen LogP contribution is -2.57. The van der Waals surface area contributed by atoms with Gasteiger partial charge in [-0.2, -0.15) is 0 Å². The Morgan fingerprint density at radius 3 is 1.78 bits per heavy atom. The van der Waals surface area contributed by atoms with E-state index in [2.05, 4.69) is 31.9 Å². The predicted octanol–water partition coefficient (Wildman–Crippen LogP) is 5.70. The summed E-state index contributed by atoms with van der Waals surface area (Å²) in [5.74, 6) is -2.48. The summed E-state index contributed by atoms with van der Waals surface area (Å²) in [6.07, 6.45) is 2.82. The van der Waals surface area contributed by atoms with Gasteiger partial charge >= 0.3 is 11.9 Å². The van der Waals surface area contributed by atoms with Crippen molar-refractivity contribution in [1.29, 1.82) is 0 Å². The van der Waals surface area contributed by atoms with Crippen LogP contribution in [0.3, 0.4) is 0 Å². The number of carbonyl (C=O) groups excluding carboxylic acids is 3. The number of anilines is 2. The largest absolute Gasteiger partial charge is 0.465 e. The van der Waals surface area contributed by atoms with Crippen molar-refractivity contribution >= 4 is 67.2 Å². The third-order valence-corrected chi connectivity index (χ3v) is 6.74. The van der Waals surface area contributed by atoms with Crippen LogP contribution in [0.5, 0.6) is 0 Å². The number of hydrogen-bond donors (Lipinski definition) is 0. The van der Waals surface area contributed by atoms with Crippen molar-refractivity contribution in [2.24, 2.45) is 0 Å². The highest BCUT2D eigenvalue weighted by atomic mass is 79.9. The molecule has 0 saturated carbocycles. The van der Waals surface area contributed by atoms with Crippen LogP contribution in [-0.2, 0) is 23.9 Å². The van der Waals surface area contributed by atoms with Gasteiger partial charge in [-0.15, -0.1) is 0 Å². The van der Waals surface area contributed by atoms with E-state index < -0.39 is 29.6 Å². The van der Waals surface area contributed by atoms with Gasteiger partial charge in [0.25, 0.3) is 5.91 Å². The molecule has 3 aromatic carbocycles. The van der Waals surface area contributed by atoms with Crippen molar-refractivity contribution in [1.82, 2.24) is 0 Å². The van der Waals surface area contributed by atoms with Crippen LogP contribution in [0.2, 0.25) is 0 Å². The van der Waals surface area contributed by atoms with Crippen LogP contribution in [0.4, 0.5) is 11.4 Å². The number of carbonyl (C=O) groups is 3. The van der Waals surface area contributed by atoms with Gasteiger partial charge in [-0.1, -0.05) is 68.3 Å². The fourth-order valence-corrected chi connectivity index (χ4v) is 4.51. The Balaban J connectivity index is 2.03. The number of esters is 2. The van der Waals surface area contributed by atoms with Crippen LogP contribution in [0, 0.1) is 0 Å². The van der Waals surface area contributed by atoms with Crippen molar-refractivity contribution in [3.8, 4) is 0 Å². The molecule has 0 aliphatic carbocycles. The molecule has 0 radical (unpaired) electrons. The van der Waals surface area contributed by atoms with E-state index in [-0.39, 0.29) is 5.70 Å². The molecular formula is C28H22Br2N2O5. The summed E-state index contributed by atoms with van der Waals surface area (Å²) in [4.78, 5) is 43.2. The quantitative estimate of drug-likeness (QED) is 0.258. The van der Waals surface area contributed by atoms with Crippen LogP contribution in [-0.4, -0.2) is 38.2 Å². The summed E-state index contributed by atoms with van der Waals surface area (Å²) in [6.45, 7) is 0. The normalized spacial score (nSPS) is 15.8. The second-order valence-corrected chi connectivity index (χ2v) is 9.72. The number of halogens is 2. The van der Waals surface area contributed by atoms with E-state index >= 15 is 0 Å². The summed E-state index contributed by atoms with van der Waals surface area (Å²) in [6, 6.07) is 23.8. The highest BCUT2D eigenvalue weighted by Gasteiger charge is 2.46. The maximum Gasteiger partial charge on any atom is 0.355 e. The van der Waals surface area contributed by atoms with Crippen molar-refractivity contribution < 1.29 is 23.9 Å². The summed E-state index contributed by atoms with van der Waals surface area (Å²) in [7, 11) is 2.36. The number of rotatable bonds is 6. The number of methoxy groups -OCH3 is 2. The van der Waals surface area contributed by atoms with Crippen LogP contribution >= 0.6 is 31.9 Å². The first-order chi connectivity index (χ1) is 17.8. The number of benzene rings is 3. The molecule has 1 atom stereocenters. The van der Waals surface area contributed by atoms with Crippen LogP contribution in [0.15, 0.2) is 105 Å². The zero-order valence-corrected chi connectivity index (χ0v) is 23.1. The zero-order valence-electron chi connectivity index (χ0n) is 19.9. The monoisotopic (exact) mass is 624 g/mol. The van der Waals surface area contributed by atoms with Crippen molar-refractivity contribution in [3.63, 3.8) is 0 Å². The molecule has 1 heterocycles. The minimum absolute atomic E-state index is 0.210. The highest BCUT2D eigenvalue weighted by molar-refractivity contribution is 9.10. The molecule has 1 aliphatic heterocycles. The van der Waals surface area contributed by atoms with E-state index in [1.54, 1.807) is 59.5 Å². The summed E-state index contributed by atoms with van der Waals surface area (Å²) in [5.41, 5.74) is 1.33. The number of ether oxygens (including phenoxy) is 2. The average Bonchev–Trinajstić information content (AvgIpc) is 2.92. The molecular weight excluding hydrogens is 604 g/mol. The minimum Gasteiger partial charge on any atom is -0.465 e. The Labute approximate surface area is 231 Å². The molecule has 9 heteroatoms. The van der Waals surface area contributed by atoms with Gasteiger partial charge < -0.3 is 14.4 Å². The molecule has 0 bridgehead atoms. The molecule has 0 N–H and O–H groups in total. The molecule has 1 amide bonds. The summed E-state index contributed by atoms with van der Waals surface area (Å²) < 4.78 is 11.6. The topological polar surface area (TPSA) is 76.2 Å². The molecule has 1 unspecified atom stereocenters. The Kier molecular flexibility index (Phi) is 8.25. The number of nitrogens with zero attached hydrogens (tertiary/aromatic N) is 2. The van der Waals surface area contributed by atoms with E-state index in [4.69, 9.17) is 9.47 Å². The van der Waals surface area contributed by atoms with E-state index in [9.17, 15) is 14.4 Å². The van der Waals surface area contributed by atoms with E-state index in [0.29, 0.717) is 11.4 Å². The van der Waals surface area contributed by atoms with Gasteiger partial charge in [0.1, 0.15) is 11.9 Å². The lowest BCUT2D eigenvalue weighted by atomic mass is 10.0. The van der Waals surface area contributed by atoms with Crippen molar-refractivity contribution in [2.45, 2.75) is 6.17 Å². The second kappa shape index (κ2) is 11.6. The van der Waals surface area contributed by atoms with Gasteiger partial charge in [-0.3, -0.25) is 9.69 Å². The Bertz CT molecular complexity index is 1370. The molecule has 0 saturated heterocycles. The molecule has 188 valence electrons. The maximum absolute atomic E-state index is 14.0. The molecule has 7 nitrogen and oxygen atoms in total. The van der Waals surface area contributed by atoms with E-state index in [1.807, 2.05) is 36.4 Å². The predicted molar refractivity (Wildman–Crippen MR) is 149 cm³/mol. The van der Waals surface area contributed by atoms with Crippen molar-refractivity contribution in [2.75, 3.05) is 24.0 Å². The van der Waals surface area contributed by atoms with Gasteiger partial charge in [-0.05, 0) is 60.2 Å². The second-order valence-electron chi connectivity index (χ2n) is 7.89. The molecule has 0 spiro atoms. The Morgan fingerprint density at radius 1 is 0.757 bits per heavy atom. The smallest absolute Gasteiger partial charge is 0.355 e. The summed E-state index contributed by atoms with van der Waals surface area (Å²) in [5, 5.41) is 0. The standard InChI is InChI=1S/C28H22Br2N2O5/c1-36-27(34)24-25(28(35)37-2)31(21-13-9-19(29)10-14-21)23(17-8-18-6-4-3-5-7-18)32(26(24)33)22-15-11-20(30)12-16-22/h3-17,23H,1-2H3/b17-8+. The van der Waals surface area contributed by atoms with Crippen LogP contribution in [0.1, 0.15) is 5.56 Å². The highest BCUT2D eigenvalue weighted by Crippen LogP contribution is 2.37. The zero-order chi connectivity index (χ0) is 26.5. The van der Waals surface area contributed by atoms with Crippen molar-refractivity contribution in [3.05, 3.63) is 111 Å². The van der Waals surface area contributed by atoms with Gasteiger partial charge in [0.15, 0.2) is 5.57 Å². The lowest BCUT2D eigenvalue weighted by Gasteiger charge is -2.44. The first-order valence-electron chi connectivity index (χ1n) is 11.1. The number of amides is 1. The fraction of sp³-hybridized carbons (Fsp3) is 0.107.